The van der Waals surface area contributed by atoms with Gasteiger partial charge >= 0.3 is 0 Å². The second-order valence-corrected chi connectivity index (χ2v) is 6.72. The highest BCUT2D eigenvalue weighted by Gasteiger charge is 2.32. The monoisotopic (exact) mass is 298 g/mol. The lowest BCUT2D eigenvalue weighted by Crippen LogP contribution is -2.29. The van der Waals surface area contributed by atoms with Crippen LogP contribution in [0.1, 0.15) is 18.4 Å². The van der Waals surface area contributed by atoms with Gasteiger partial charge in [0.2, 0.25) is 10.0 Å². The third-order valence-electron chi connectivity index (χ3n) is 3.48. The number of aliphatic hydroxyl groups is 1. The van der Waals surface area contributed by atoms with Crippen molar-refractivity contribution in [3.63, 3.8) is 0 Å². The van der Waals surface area contributed by atoms with Crippen LogP contribution in [0.3, 0.4) is 0 Å². The van der Waals surface area contributed by atoms with Crippen LogP contribution in [0.2, 0.25) is 0 Å². The summed E-state index contributed by atoms with van der Waals surface area (Å²) in [5.74, 6) is -0.586. The second-order valence-electron chi connectivity index (χ2n) is 4.78. The largest absolute Gasteiger partial charge is 0.396 e. The van der Waals surface area contributed by atoms with Crippen molar-refractivity contribution < 1.29 is 17.9 Å². The van der Waals surface area contributed by atoms with Gasteiger partial charge in [-0.2, -0.15) is 9.57 Å². The molecule has 0 radical (unpaired) electrons. The van der Waals surface area contributed by atoms with E-state index in [9.17, 15) is 12.8 Å². The zero-order valence-electron chi connectivity index (χ0n) is 10.8. The number of benzene rings is 1. The Hall–Kier alpha value is -1.49. The fraction of sp³-hybridized carbons (Fsp3) is 0.462. The van der Waals surface area contributed by atoms with Gasteiger partial charge in [0.1, 0.15) is 11.9 Å². The van der Waals surface area contributed by atoms with Crippen molar-refractivity contribution in [3.8, 4) is 6.07 Å². The van der Waals surface area contributed by atoms with Gasteiger partial charge in [0.15, 0.2) is 0 Å². The summed E-state index contributed by atoms with van der Waals surface area (Å²) in [4.78, 5) is -0.0694. The fourth-order valence-electron chi connectivity index (χ4n) is 2.33. The van der Waals surface area contributed by atoms with E-state index in [2.05, 4.69) is 0 Å². The first-order valence-electron chi connectivity index (χ1n) is 6.29. The average Bonchev–Trinajstić information content (AvgIpc) is 2.89. The zero-order valence-corrected chi connectivity index (χ0v) is 11.6. The van der Waals surface area contributed by atoms with Crippen molar-refractivity contribution in [1.29, 1.82) is 5.26 Å². The lowest BCUT2D eigenvalue weighted by molar-refractivity contribution is 0.259. The molecule has 0 aliphatic carbocycles. The van der Waals surface area contributed by atoms with Gasteiger partial charge in [-0.15, -0.1) is 0 Å². The number of rotatable bonds is 4. The van der Waals surface area contributed by atoms with E-state index >= 15 is 0 Å². The molecule has 1 saturated heterocycles. The molecule has 1 aromatic rings. The molecule has 108 valence electrons. The Kier molecular flexibility index (Phi) is 4.38. The standard InChI is InChI=1S/C13H15FN2O3S/c14-13-2-1-12(7-11(13)8-15)20(18,19)16-5-3-10(9-16)4-6-17/h1-2,7,10,17H,3-6,9H2. The number of aliphatic hydroxyl groups excluding tert-OH is 1. The molecular weight excluding hydrogens is 283 g/mol. The van der Waals surface area contributed by atoms with Gasteiger partial charge in [-0.1, -0.05) is 0 Å². The van der Waals surface area contributed by atoms with Crippen LogP contribution in [-0.2, 0) is 10.0 Å². The van der Waals surface area contributed by atoms with E-state index < -0.39 is 15.8 Å². The van der Waals surface area contributed by atoms with Gasteiger partial charge in [-0.05, 0) is 37.0 Å². The van der Waals surface area contributed by atoms with Crippen LogP contribution in [0, 0.1) is 23.1 Å². The summed E-state index contributed by atoms with van der Waals surface area (Å²) in [6.07, 6.45) is 1.27. The number of sulfonamides is 1. The first kappa shape index (κ1) is 14.9. The van der Waals surface area contributed by atoms with Crippen LogP contribution >= 0.6 is 0 Å². The van der Waals surface area contributed by atoms with Crippen molar-refractivity contribution in [2.45, 2.75) is 17.7 Å². The molecule has 0 saturated carbocycles. The minimum Gasteiger partial charge on any atom is -0.396 e. The molecule has 0 aromatic heterocycles. The molecule has 1 heterocycles. The molecule has 0 spiro atoms. The number of nitrogens with zero attached hydrogens (tertiary/aromatic N) is 2. The summed E-state index contributed by atoms with van der Waals surface area (Å²) in [5, 5.41) is 17.6. The molecule has 1 unspecified atom stereocenters. The maximum Gasteiger partial charge on any atom is 0.243 e. The molecule has 20 heavy (non-hydrogen) atoms. The van der Waals surface area contributed by atoms with Crippen molar-refractivity contribution in [1.82, 2.24) is 4.31 Å². The van der Waals surface area contributed by atoms with Crippen LogP contribution < -0.4 is 0 Å². The highest BCUT2D eigenvalue weighted by atomic mass is 32.2. The Bertz CT molecular complexity index is 640. The average molecular weight is 298 g/mol. The predicted molar refractivity (Wildman–Crippen MR) is 69.7 cm³/mol. The lowest BCUT2D eigenvalue weighted by atomic mass is 10.1. The molecule has 5 nitrogen and oxygen atoms in total. The minimum atomic E-state index is -3.71. The summed E-state index contributed by atoms with van der Waals surface area (Å²) in [7, 11) is -3.71. The summed E-state index contributed by atoms with van der Waals surface area (Å²) in [6.45, 7) is 0.766. The van der Waals surface area contributed by atoms with Gasteiger partial charge in [-0.25, -0.2) is 12.8 Å². The van der Waals surface area contributed by atoms with E-state index in [0.717, 1.165) is 12.1 Å². The number of hydrogen-bond donors (Lipinski definition) is 1. The molecule has 1 aliphatic heterocycles. The van der Waals surface area contributed by atoms with Crippen LogP contribution in [0.5, 0.6) is 0 Å². The van der Waals surface area contributed by atoms with E-state index in [1.54, 1.807) is 6.07 Å². The molecule has 7 heteroatoms. The third-order valence-corrected chi connectivity index (χ3v) is 5.34. The van der Waals surface area contributed by atoms with Gasteiger partial charge in [0, 0.05) is 19.7 Å². The quantitative estimate of drug-likeness (QED) is 0.902. The molecule has 1 aromatic carbocycles. The van der Waals surface area contributed by atoms with Gasteiger partial charge in [0.25, 0.3) is 0 Å². The zero-order chi connectivity index (χ0) is 14.8. The third kappa shape index (κ3) is 2.82. The van der Waals surface area contributed by atoms with Crippen molar-refractivity contribution in [2.24, 2.45) is 5.92 Å². The number of hydrogen-bond acceptors (Lipinski definition) is 4. The van der Waals surface area contributed by atoms with Gasteiger partial charge < -0.3 is 5.11 Å². The minimum absolute atomic E-state index is 0.0354. The Morgan fingerprint density at radius 2 is 2.25 bits per heavy atom. The van der Waals surface area contributed by atoms with Crippen LogP contribution in [0.25, 0.3) is 0 Å². The van der Waals surface area contributed by atoms with Crippen molar-refractivity contribution >= 4 is 10.0 Å². The second kappa shape index (κ2) is 5.87. The summed E-state index contributed by atoms with van der Waals surface area (Å²) in [6, 6.07) is 4.86. The molecule has 0 bridgehead atoms. The molecule has 1 N–H and O–H groups in total. The van der Waals surface area contributed by atoms with Crippen molar-refractivity contribution in [3.05, 3.63) is 29.6 Å². The Morgan fingerprint density at radius 3 is 2.90 bits per heavy atom. The SMILES string of the molecule is N#Cc1cc(S(=O)(=O)N2CCC(CCO)C2)ccc1F. The first-order chi connectivity index (χ1) is 9.48. The molecule has 1 atom stereocenters. The fourth-order valence-corrected chi connectivity index (χ4v) is 3.89. The van der Waals surface area contributed by atoms with Crippen molar-refractivity contribution in [2.75, 3.05) is 19.7 Å². The Morgan fingerprint density at radius 1 is 1.50 bits per heavy atom. The Balaban J connectivity index is 2.26. The topological polar surface area (TPSA) is 81.4 Å². The summed E-state index contributed by atoms with van der Waals surface area (Å²) in [5.41, 5.74) is -0.280. The van der Waals surface area contributed by atoms with Gasteiger partial charge in [0.05, 0.1) is 10.5 Å². The van der Waals surface area contributed by atoms with E-state index in [1.165, 1.54) is 10.4 Å². The highest BCUT2D eigenvalue weighted by molar-refractivity contribution is 7.89. The van der Waals surface area contributed by atoms with E-state index in [4.69, 9.17) is 10.4 Å². The lowest BCUT2D eigenvalue weighted by Gasteiger charge is -2.16. The molecule has 2 rings (SSSR count). The molecule has 0 amide bonds. The molecular formula is C13H15FN2O3S. The summed E-state index contributed by atoms with van der Waals surface area (Å²) >= 11 is 0. The van der Waals surface area contributed by atoms with Crippen LogP contribution in [0.4, 0.5) is 4.39 Å². The van der Waals surface area contributed by atoms with E-state index in [0.29, 0.717) is 25.9 Å². The highest BCUT2D eigenvalue weighted by Crippen LogP contribution is 2.26. The number of nitriles is 1. The first-order valence-corrected chi connectivity index (χ1v) is 7.73. The Labute approximate surface area is 117 Å². The van der Waals surface area contributed by atoms with Crippen LogP contribution in [-0.4, -0.2) is 37.5 Å². The summed E-state index contributed by atoms with van der Waals surface area (Å²) < 4.78 is 39.4. The maximum absolute atomic E-state index is 13.2. The normalized spacial score (nSPS) is 19.9. The van der Waals surface area contributed by atoms with Crippen LogP contribution in [0.15, 0.2) is 23.1 Å². The number of halogens is 1. The predicted octanol–water partition coefficient (Wildman–Crippen LogP) is 1.09. The maximum atomic E-state index is 13.2. The van der Waals surface area contributed by atoms with Gasteiger partial charge in [-0.3, -0.25) is 0 Å². The molecule has 1 fully saturated rings. The smallest absolute Gasteiger partial charge is 0.243 e. The molecule has 1 aliphatic rings. The van der Waals surface area contributed by atoms with E-state index in [-0.39, 0.29) is 23.0 Å². The van der Waals surface area contributed by atoms with E-state index in [1.807, 2.05) is 0 Å².